The van der Waals surface area contributed by atoms with Crippen LogP contribution >= 0.6 is 0 Å². The molecular weight excluding hydrogens is 426 g/mol. The Morgan fingerprint density at radius 2 is 1.91 bits per heavy atom. The normalized spacial score (nSPS) is 19.1. The Morgan fingerprint density at radius 3 is 2.62 bits per heavy atom. The molecular formula is C21H21F4N7. The van der Waals surface area contributed by atoms with Crippen LogP contribution in [0, 0.1) is 6.92 Å². The average Bonchev–Trinajstić information content (AvgIpc) is 2.72. The van der Waals surface area contributed by atoms with Gasteiger partial charge in [-0.15, -0.1) is 0 Å². The van der Waals surface area contributed by atoms with Gasteiger partial charge in [-0.25, -0.2) is 9.37 Å². The van der Waals surface area contributed by atoms with Crippen LogP contribution in [0.15, 0.2) is 36.5 Å². The molecule has 0 spiro atoms. The highest BCUT2D eigenvalue weighted by atomic mass is 19.4. The minimum absolute atomic E-state index is 0.0412. The third kappa shape index (κ3) is 5.09. The zero-order chi connectivity index (χ0) is 22.9. The summed E-state index contributed by atoms with van der Waals surface area (Å²) >= 11 is 0. The second-order valence-corrected chi connectivity index (χ2v) is 7.94. The van der Waals surface area contributed by atoms with E-state index in [1.807, 2.05) is 6.92 Å². The zero-order valence-corrected chi connectivity index (χ0v) is 17.5. The number of piperidine rings is 1. The number of alkyl halides is 4. The number of aryl methyl sites for hydroxylation is 1. The summed E-state index contributed by atoms with van der Waals surface area (Å²) in [5, 5.41) is 3.03. The van der Waals surface area contributed by atoms with E-state index >= 15 is 0 Å². The van der Waals surface area contributed by atoms with E-state index in [0.717, 1.165) is 11.8 Å². The minimum Gasteiger partial charge on any atom is -0.337 e. The summed E-state index contributed by atoms with van der Waals surface area (Å²) < 4.78 is 54.1. The van der Waals surface area contributed by atoms with Crippen LogP contribution in [0.3, 0.4) is 0 Å². The predicted molar refractivity (Wildman–Crippen MR) is 111 cm³/mol. The smallest absolute Gasteiger partial charge is 0.337 e. The number of anilines is 3. The molecule has 4 heterocycles. The monoisotopic (exact) mass is 447 g/mol. The first kappa shape index (κ1) is 21.8. The van der Waals surface area contributed by atoms with E-state index in [1.54, 1.807) is 23.2 Å². The lowest BCUT2D eigenvalue weighted by atomic mass is 9.97. The van der Waals surface area contributed by atoms with Crippen molar-refractivity contribution < 1.29 is 17.6 Å². The molecule has 0 bridgehead atoms. The lowest BCUT2D eigenvalue weighted by molar-refractivity contribution is -0.141. The Labute approximate surface area is 182 Å². The second kappa shape index (κ2) is 8.29. The number of aromatic nitrogens is 5. The van der Waals surface area contributed by atoms with Gasteiger partial charge in [0, 0.05) is 24.1 Å². The molecule has 4 rings (SSSR count). The van der Waals surface area contributed by atoms with E-state index in [4.69, 9.17) is 0 Å². The maximum absolute atomic E-state index is 14.6. The van der Waals surface area contributed by atoms with Crippen LogP contribution in [-0.2, 0) is 6.18 Å². The van der Waals surface area contributed by atoms with E-state index in [0.29, 0.717) is 25.1 Å². The third-order valence-corrected chi connectivity index (χ3v) is 4.97. The fourth-order valence-corrected chi connectivity index (χ4v) is 3.51. The van der Waals surface area contributed by atoms with Crippen molar-refractivity contribution in [1.82, 2.24) is 24.9 Å². The molecule has 0 saturated carbocycles. The molecule has 1 aliphatic heterocycles. The van der Waals surface area contributed by atoms with Gasteiger partial charge in [0.15, 0.2) is 5.82 Å². The first-order valence-corrected chi connectivity index (χ1v) is 10.0. The van der Waals surface area contributed by atoms with Crippen LogP contribution in [0.5, 0.6) is 0 Å². The number of hydrogen-bond acceptors (Lipinski definition) is 7. The Kier molecular flexibility index (Phi) is 5.66. The molecule has 7 nitrogen and oxygen atoms in total. The van der Waals surface area contributed by atoms with Gasteiger partial charge in [-0.1, -0.05) is 6.07 Å². The Balaban J connectivity index is 1.77. The second-order valence-electron chi connectivity index (χ2n) is 7.94. The maximum Gasteiger partial charge on any atom is 0.433 e. The van der Waals surface area contributed by atoms with E-state index in [1.165, 1.54) is 19.1 Å². The molecule has 1 aliphatic rings. The van der Waals surface area contributed by atoms with Gasteiger partial charge in [0.1, 0.15) is 17.1 Å². The van der Waals surface area contributed by atoms with Crippen LogP contribution in [-0.4, -0.2) is 43.7 Å². The number of halogens is 4. The fourth-order valence-electron chi connectivity index (χ4n) is 3.51. The minimum atomic E-state index is -4.61. The number of hydrogen-bond donors (Lipinski definition) is 1. The molecule has 1 fully saturated rings. The first-order chi connectivity index (χ1) is 15.1. The summed E-state index contributed by atoms with van der Waals surface area (Å²) in [5.74, 6) is 0.243. The van der Waals surface area contributed by atoms with Crippen LogP contribution in [0.4, 0.5) is 35.1 Å². The summed E-state index contributed by atoms with van der Waals surface area (Å²) in [4.78, 5) is 22.5. The average molecular weight is 447 g/mol. The summed E-state index contributed by atoms with van der Waals surface area (Å²) in [6.45, 7) is 3.92. The molecule has 1 N–H and O–H groups in total. The molecule has 1 unspecified atom stereocenters. The number of rotatable bonds is 4. The quantitative estimate of drug-likeness (QED) is 0.580. The summed E-state index contributed by atoms with van der Waals surface area (Å²) in [5.41, 5.74) is -1.13. The van der Waals surface area contributed by atoms with Gasteiger partial charge in [-0.3, -0.25) is 4.98 Å². The molecule has 11 heteroatoms. The van der Waals surface area contributed by atoms with Gasteiger partial charge in [-0.05, 0) is 51.0 Å². The Hall–Kier alpha value is -3.37. The largest absolute Gasteiger partial charge is 0.433 e. The summed E-state index contributed by atoms with van der Waals surface area (Å²) in [6.07, 6.45) is -1.99. The predicted octanol–water partition coefficient (Wildman–Crippen LogP) is 4.73. The third-order valence-electron chi connectivity index (χ3n) is 4.97. The van der Waals surface area contributed by atoms with E-state index in [-0.39, 0.29) is 30.0 Å². The van der Waals surface area contributed by atoms with Crippen LogP contribution < -0.4 is 10.2 Å². The molecule has 3 aromatic heterocycles. The molecule has 1 atom stereocenters. The lowest BCUT2D eigenvalue weighted by Gasteiger charge is -2.35. The van der Waals surface area contributed by atoms with Crippen molar-refractivity contribution in [3.05, 3.63) is 47.9 Å². The van der Waals surface area contributed by atoms with Crippen molar-refractivity contribution in [3.63, 3.8) is 0 Å². The molecule has 3 aromatic rings. The van der Waals surface area contributed by atoms with Crippen molar-refractivity contribution in [2.75, 3.05) is 23.3 Å². The van der Waals surface area contributed by atoms with Gasteiger partial charge in [0.05, 0.1) is 6.54 Å². The number of nitrogens with zero attached hydrogens (tertiary/aromatic N) is 6. The van der Waals surface area contributed by atoms with Crippen LogP contribution in [0.2, 0.25) is 0 Å². The van der Waals surface area contributed by atoms with Crippen molar-refractivity contribution in [3.8, 4) is 11.5 Å². The van der Waals surface area contributed by atoms with Crippen molar-refractivity contribution in [2.24, 2.45) is 0 Å². The standard InChI is InChI=1S/C21H21F4N7/c1-13-11-14(7-9-26-13)27-18-29-17(15-5-3-6-16(28-15)21(23,24)25)30-19(31-18)32-10-4-8-20(2,22)12-32/h3,5-7,9,11H,4,8,10,12H2,1-2H3,(H,26,27,29,30,31). The SMILES string of the molecule is Cc1cc(Nc2nc(-c3cccc(C(F)(F)F)n3)nc(N3CCCC(C)(F)C3)n2)ccn1. The van der Waals surface area contributed by atoms with E-state index in [2.05, 4.69) is 30.2 Å². The van der Waals surface area contributed by atoms with E-state index in [9.17, 15) is 17.6 Å². The first-order valence-electron chi connectivity index (χ1n) is 10.0. The van der Waals surface area contributed by atoms with Gasteiger partial charge < -0.3 is 10.2 Å². The van der Waals surface area contributed by atoms with Crippen molar-refractivity contribution in [2.45, 2.75) is 38.5 Å². The zero-order valence-electron chi connectivity index (χ0n) is 17.5. The van der Waals surface area contributed by atoms with Gasteiger partial charge in [-0.2, -0.15) is 28.1 Å². The van der Waals surface area contributed by atoms with E-state index < -0.39 is 17.5 Å². The number of nitrogens with one attached hydrogen (secondary N) is 1. The topological polar surface area (TPSA) is 79.7 Å². The molecule has 0 aliphatic carbocycles. The lowest BCUT2D eigenvalue weighted by Crippen LogP contribution is -2.44. The van der Waals surface area contributed by atoms with Gasteiger partial charge >= 0.3 is 6.18 Å². The van der Waals surface area contributed by atoms with Crippen LogP contribution in [0.1, 0.15) is 31.2 Å². The Bertz CT molecular complexity index is 1120. The molecule has 0 amide bonds. The van der Waals surface area contributed by atoms with Crippen molar-refractivity contribution in [1.29, 1.82) is 0 Å². The summed E-state index contributed by atoms with van der Waals surface area (Å²) in [7, 11) is 0. The fraction of sp³-hybridized carbons (Fsp3) is 0.381. The Morgan fingerprint density at radius 1 is 1.09 bits per heavy atom. The summed E-state index contributed by atoms with van der Waals surface area (Å²) in [6, 6.07) is 6.99. The van der Waals surface area contributed by atoms with Crippen molar-refractivity contribution >= 4 is 17.6 Å². The number of pyridine rings is 2. The molecule has 0 radical (unpaired) electrons. The van der Waals surface area contributed by atoms with Gasteiger partial charge in [0.2, 0.25) is 11.9 Å². The highest BCUT2D eigenvalue weighted by Gasteiger charge is 2.34. The molecule has 1 saturated heterocycles. The molecule has 32 heavy (non-hydrogen) atoms. The highest BCUT2D eigenvalue weighted by molar-refractivity contribution is 5.59. The molecule has 168 valence electrons. The molecule has 0 aromatic carbocycles. The van der Waals surface area contributed by atoms with Gasteiger partial charge in [0.25, 0.3) is 0 Å². The highest BCUT2D eigenvalue weighted by Crippen LogP contribution is 2.31. The maximum atomic E-state index is 14.6. The van der Waals surface area contributed by atoms with Crippen LogP contribution in [0.25, 0.3) is 11.5 Å².